The standard InChI is InChI=1S/C20H22N4O2.CH4O3S/c1-20(11-25,12-26)21-10-13-6-5-9-16-17(13)18-19(24(16)2)23-15-8-4-3-7-14(15)22-18;1-5(2,3)4/h3-9,21,25-26H,10-12H2,1-2H3;1H3,(H,2,3,4). The highest BCUT2D eigenvalue weighted by molar-refractivity contribution is 7.85. The molecule has 0 spiro atoms. The summed E-state index contributed by atoms with van der Waals surface area (Å²) in [5, 5.41) is 23.4. The lowest BCUT2D eigenvalue weighted by molar-refractivity contribution is 0.103. The molecule has 2 aromatic heterocycles. The van der Waals surface area contributed by atoms with Crippen molar-refractivity contribution in [2.24, 2.45) is 7.05 Å². The molecule has 0 bridgehead atoms. The van der Waals surface area contributed by atoms with E-state index in [0.29, 0.717) is 12.8 Å². The average molecular weight is 447 g/mol. The molecule has 0 fully saturated rings. The van der Waals surface area contributed by atoms with E-state index >= 15 is 0 Å². The Morgan fingerprint density at radius 1 is 1.03 bits per heavy atom. The number of aromatic nitrogens is 3. The van der Waals surface area contributed by atoms with Crippen LogP contribution in [0.15, 0.2) is 42.5 Å². The highest BCUT2D eigenvalue weighted by Crippen LogP contribution is 2.30. The van der Waals surface area contributed by atoms with Crippen LogP contribution < -0.4 is 5.32 Å². The van der Waals surface area contributed by atoms with Crippen molar-refractivity contribution in [2.45, 2.75) is 19.0 Å². The SMILES string of the molecule is CS(=O)(=O)O.Cn1c2cccc(CNC(C)(CO)CO)c2c2nc3ccccc3nc21. The number of benzene rings is 2. The molecule has 0 unspecified atom stereocenters. The minimum absolute atomic E-state index is 0.139. The molecular weight excluding hydrogens is 420 g/mol. The molecule has 4 rings (SSSR count). The number of nitrogens with zero attached hydrogens (tertiary/aromatic N) is 3. The van der Waals surface area contributed by atoms with Crippen molar-refractivity contribution in [3.05, 3.63) is 48.0 Å². The summed E-state index contributed by atoms with van der Waals surface area (Å²) in [6.45, 7) is 2.03. The summed E-state index contributed by atoms with van der Waals surface area (Å²) in [4.78, 5) is 9.66. The second kappa shape index (κ2) is 8.85. The van der Waals surface area contributed by atoms with Gasteiger partial charge in [-0.3, -0.25) is 4.55 Å². The summed E-state index contributed by atoms with van der Waals surface area (Å²) in [6, 6.07) is 14.0. The maximum atomic E-state index is 9.52. The van der Waals surface area contributed by atoms with E-state index in [2.05, 4.69) is 16.0 Å². The molecule has 2 heterocycles. The van der Waals surface area contributed by atoms with E-state index in [0.717, 1.165) is 38.7 Å². The van der Waals surface area contributed by atoms with Crippen molar-refractivity contribution in [1.82, 2.24) is 19.9 Å². The first-order chi connectivity index (χ1) is 14.6. The molecule has 0 saturated heterocycles. The first-order valence-electron chi connectivity index (χ1n) is 9.58. The fraction of sp³-hybridized carbons (Fsp3) is 0.333. The van der Waals surface area contributed by atoms with Gasteiger partial charge in [-0.05, 0) is 30.7 Å². The summed E-state index contributed by atoms with van der Waals surface area (Å²) in [6.07, 6.45) is 0.715. The van der Waals surface area contributed by atoms with Gasteiger partial charge >= 0.3 is 0 Å². The number of rotatable bonds is 5. The molecule has 0 aliphatic rings. The van der Waals surface area contributed by atoms with Crippen molar-refractivity contribution in [3.8, 4) is 0 Å². The molecule has 0 amide bonds. The highest BCUT2D eigenvalue weighted by Gasteiger charge is 2.22. The largest absolute Gasteiger partial charge is 0.394 e. The van der Waals surface area contributed by atoms with Crippen LogP contribution in [0.4, 0.5) is 0 Å². The third-order valence-electron chi connectivity index (χ3n) is 5.00. The van der Waals surface area contributed by atoms with E-state index < -0.39 is 15.7 Å². The summed E-state index contributed by atoms with van der Waals surface area (Å²) in [5.74, 6) is 0. The van der Waals surface area contributed by atoms with Gasteiger partial charge in [0.05, 0.1) is 41.6 Å². The van der Waals surface area contributed by atoms with E-state index in [9.17, 15) is 18.6 Å². The van der Waals surface area contributed by atoms with Gasteiger partial charge in [0.25, 0.3) is 10.1 Å². The van der Waals surface area contributed by atoms with Gasteiger partial charge in [-0.2, -0.15) is 8.42 Å². The smallest absolute Gasteiger partial charge is 0.261 e. The molecule has 0 aliphatic carbocycles. The highest BCUT2D eigenvalue weighted by atomic mass is 32.2. The number of hydrogen-bond acceptors (Lipinski definition) is 7. The first kappa shape index (κ1) is 23.0. The number of aliphatic hydroxyl groups is 2. The quantitative estimate of drug-likeness (QED) is 0.339. The molecule has 10 heteroatoms. The van der Waals surface area contributed by atoms with Gasteiger partial charge < -0.3 is 20.1 Å². The Bertz CT molecular complexity index is 1320. The van der Waals surface area contributed by atoms with Gasteiger partial charge in [0.2, 0.25) is 0 Å². The van der Waals surface area contributed by atoms with Crippen molar-refractivity contribution in [1.29, 1.82) is 0 Å². The van der Waals surface area contributed by atoms with Crippen LogP contribution in [0.2, 0.25) is 0 Å². The molecular formula is C21H26N4O5S. The van der Waals surface area contributed by atoms with E-state index in [4.69, 9.17) is 14.5 Å². The van der Waals surface area contributed by atoms with Crippen LogP contribution in [-0.4, -0.2) is 62.7 Å². The van der Waals surface area contributed by atoms with E-state index in [1.807, 2.05) is 43.4 Å². The molecule has 2 aromatic carbocycles. The third kappa shape index (κ3) is 5.17. The van der Waals surface area contributed by atoms with Crippen LogP contribution in [0.25, 0.3) is 33.1 Å². The summed E-state index contributed by atoms with van der Waals surface area (Å²) in [7, 11) is -1.67. The topological polar surface area (TPSA) is 138 Å². The zero-order chi connectivity index (χ0) is 22.8. The zero-order valence-electron chi connectivity index (χ0n) is 17.6. The summed E-state index contributed by atoms with van der Waals surface area (Å²) in [5.41, 5.74) is 4.84. The molecule has 0 radical (unpaired) electrons. The average Bonchev–Trinajstić information content (AvgIpc) is 3.01. The summed E-state index contributed by atoms with van der Waals surface area (Å²) < 4.78 is 27.9. The van der Waals surface area contributed by atoms with Crippen molar-refractivity contribution in [3.63, 3.8) is 0 Å². The van der Waals surface area contributed by atoms with Crippen LogP contribution in [0.5, 0.6) is 0 Å². The molecule has 0 atom stereocenters. The Morgan fingerprint density at radius 3 is 2.19 bits per heavy atom. The lowest BCUT2D eigenvalue weighted by atomic mass is 10.0. The van der Waals surface area contributed by atoms with Crippen LogP contribution in [0.1, 0.15) is 12.5 Å². The monoisotopic (exact) mass is 446 g/mol. The Balaban J connectivity index is 0.000000491. The van der Waals surface area contributed by atoms with Gasteiger partial charge in [0.15, 0.2) is 5.65 Å². The van der Waals surface area contributed by atoms with Crippen LogP contribution >= 0.6 is 0 Å². The number of nitrogens with one attached hydrogen (secondary N) is 1. The molecule has 0 aliphatic heterocycles. The minimum atomic E-state index is -3.67. The first-order valence-corrected chi connectivity index (χ1v) is 11.4. The second-order valence-electron chi connectivity index (χ2n) is 7.72. The molecule has 9 nitrogen and oxygen atoms in total. The lowest BCUT2D eigenvalue weighted by Gasteiger charge is -2.26. The van der Waals surface area contributed by atoms with E-state index in [-0.39, 0.29) is 13.2 Å². The number of para-hydroxylation sites is 2. The number of aliphatic hydroxyl groups excluding tert-OH is 2. The predicted molar refractivity (Wildman–Crippen MR) is 120 cm³/mol. The van der Waals surface area contributed by atoms with Crippen molar-refractivity contribution < 1.29 is 23.2 Å². The van der Waals surface area contributed by atoms with Crippen LogP contribution in [0.3, 0.4) is 0 Å². The maximum absolute atomic E-state index is 9.52. The fourth-order valence-corrected chi connectivity index (χ4v) is 3.26. The maximum Gasteiger partial charge on any atom is 0.261 e. The van der Waals surface area contributed by atoms with E-state index in [1.165, 1.54) is 0 Å². The molecule has 4 aromatic rings. The Morgan fingerprint density at radius 2 is 1.61 bits per heavy atom. The van der Waals surface area contributed by atoms with Crippen molar-refractivity contribution >= 4 is 43.2 Å². The normalized spacial score (nSPS) is 12.3. The fourth-order valence-electron chi connectivity index (χ4n) is 3.26. The van der Waals surface area contributed by atoms with Crippen LogP contribution in [0, 0.1) is 0 Å². The Kier molecular flexibility index (Phi) is 6.58. The number of hydrogen-bond donors (Lipinski definition) is 4. The second-order valence-corrected chi connectivity index (χ2v) is 9.18. The van der Waals surface area contributed by atoms with E-state index in [1.54, 1.807) is 6.92 Å². The summed E-state index contributed by atoms with van der Waals surface area (Å²) >= 11 is 0. The molecule has 166 valence electrons. The predicted octanol–water partition coefficient (Wildman–Crippen LogP) is 1.61. The molecule has 4 N–H and O–H groups in total. The lowest BCUT2D eigenvalue weighted by Crippen LogP contribution is -2.48. The third-order valence-corrected chi connectivity index (χ3v) is 5.00. The van der Waals surface area contributed by atoms with Crippen LogP contribution in [-0.2, 0) is 23.7 Å². The van der Waals surface area contributed by atoms with Gasteiger partial charge in [-0.25, -0.2) is 9.97 Å². The van der Waals surface area contributed by atoms with Gasteiger partial charge in [-0.1, -0.05) is 24.3 Å². The molecule has 0 saturated carbocycles. The molecule has 31 heavy (non-hydrogen) atoms. The minimum Gasteiger partial charge on any atom is -0.394 e. The van der Waals surface area contributed by atoms with Gasteiger partial charge in [0, 0.05) is 19.0 Å². The number of aryl methyl sites for hydroxylation is 1. The Labute approximate surface area is 180 Å². The number of fused-ring (bicyclic) bond motifs is 4. The van der Waals surface area contributed by atoms with Gasteiger partial charge in [0.1, 0.15) is 5.52 Å². The Hall–Kier alpha value is -2.63. The van der Waals surface area contributed by atoms with Gasteiger partial charge in [-0.15, -0.1) is 0 Å². The van der Waals surface area contributed by atoms with Crippen molar-refractivity contribution in [2.75, 3.05) is 19.5 Å². The zero-order valence-corrected chi connectivity index (χ0v) is 18.4.